The molecule has 2 saturated heterocycles. The Morgan fingerprint density at radius 3 is 2.70 bits per heavy atom. The summed E-state index contributed by atoms with van der Waals surface area (Å²) in [5.41, 5.74) is 3.97. The number of hydrogen-bond acceptors (Lipinski definition) is 4. The van der Waals surface area contributed by atoms with Crippen LogP contribution < -0.4 is 0 Å². The molecular weight excluding hydrogens is 290 g/mol. The highest BCUT2D eigenvalue weighted by atomic mass is 16.6. The lowest BCUT2D eigenvalue weighted by Crippen LogP contribution is -2.55. The summed E-state index contributed by atoms with van der Waals surface area (Å²) in [7, 11) is 2.07. The quantitative estimate of drug-likeness (QED) is 0.834. The first-order valence-corrected chi connectivity index (χ1v) is 9.12. The molecule has 0 N–H and O–H groups in total. The molecule has 1 aromatic rings. The first-order valence-electron chi connectivity index (χ1n) is 9.12. The molecule has 0 saturated carbocycles. The molecule has 0 bridgehead atoms. The third kappa shape index (κ3) is 3.32. The molecule has 1 spiro atoms. The Bertz CT molecular complexity index is 535. The van der Waals surface area contributed by atoms with Crippen molar-refractivity contribution < 1.29 is 9.47 Å². The summed E-state index contributed by atoms with van der Waals surface area (Å²) in [5.74, 6) is 0. The van der Waals surface area contributed by atoms with Crippen LogP contribution in [0.4, 0.5) is 0 Å². The Morgan fingerprint density at radius 2 is 2.09 bits per heavy atom. The van der Waals surface area contributed by atoms with E-state index in [0.29, 0.717) is 6.10 Å². The molecular formula is C18H31N3O2. The maximum absolute atomic E-state index is 6.38. The minimum atomic E-state index is -0.0834. The first-order chi connectivity index (χ1) is 11.1. The molecule has 0 unspecified atom stereocenters. The highest BCUT2D eigenvalue weighted by Gasteiger charge is 2.43. The second-order valence-corrected chi connectivity index (χ2v) is 7.01. The molecule has 5 heteroatoms. The fourth-order valence-electron chi connectivity index (χ4n) is 4.12. The van der Waals surface area contributed by atoms with Crippen LogP contribution in [-0.4, -0.2) is 52.7 Å². The summed E-state index contributed by atoms with van der Waals surface area (Å²) in [6, 6.07) is 0. The summed E-state index contributed by atoms with van der Waals surface area (Å²) in [4.78, 5) is 2.57. The van der Waals surface area contributed by atoms with Crippen LogP contribution in [0.25, 0.3) is 0 Å². The van der Waals surface area contributed by atoms with Gasteiger partial charge in [-0.2, -0.15) is 5.10 Å². The summed E-state index contributed by atoms with van der Waals surface area (Å²) >= 11 is 0. The van der Waals surface area contributed by atoms with Gasteiger partial charge in [0.2, 0.25) is 0 Å². The third-order valence-electron chi connectivity index (χ3n) is 5.32. The van der Waals surface area contributed by atoms with Crippen LogP contribution in [0.5, 0.6) is 0 Å². The van der Waals surface area contributed by atoms with Gasteiger partial charge in [-0.15, -0.1) is 0 Å². The molecule has 3 rings (SSSR count). The number of nitrogens with zero attached hydrogens (tertiary/aromatic N) is 3. The molecule has 0 radical (unpaired) electrons. The van der Waals surface area contributed by atoms with Crippen molar-refractivity contribution in [1.29, 1.82) is 0 Å². The van der Waals surface area contributed by atoms with Crippen LogP contribution in [0.15, 0.2) is 0 Å². The zero-order chi connectivity index (χ0) is 16.4. The van der Waals surface area contributed by atoms with Gasteiger partial charge in [0.15, 0.2) is 0 Å². The van der Waals surface area contributed by atoms with Crippen molar-refractivity contribution >= 4 is 0 Å². The predicted octanol–water partition coefficient (Wildman–Crippen LogP) is 2.31. The molecule has 130 valence electrons. The van der Waals surface area contributed by atoms with E-state index < -0.39 is 0 Å². The molecule has 1 aromatic heterocycles. The molecule has 2 atom stereocenters. The Labute approximate surface area is 139 Å². The summed E-state index contributed by atoms with van der Waals surface area (Å²) < 4.78 is 14.1. The van der Waals surface area contributed by atoms with Gasteiger partial charge in [-0.25, -0.2) is 0 Å². The van der Waals surface area contributed by atoms with Crippen LogP contribution in [0.1, 0.15) is 50.6 Å². The minimum absolute atomic E-state index is 0.0834. The van der Waals surface area contributed by atoms with E-state index in [1.165, 1.54) is 17.0 Å². The maximum Gasteiger partial charge on any atom is 0.107 e. The fraction of sp³-hybridized carbons (Fsp3) is 0.833. The standard InChI is InChI=1S/C18H31N3O2/c1-5-14-10-21(12-18(23-14)8-9-22-13-18)11-15-16(6-2)19-20(4)17(15)7-3/h14H,5-13H2,1-4H3/t14-,18+/m1/s1. The second kappa shape index (κ2) is 6.91. The Morgan fingerprint density at radius 1 is 1.26 bits per heavy atom. The van der Waals surface area contributed by atoms with Crippen LogP contribution in [-0.2, 0) is 35.9 Å². The topological polar surface area (TPSA) is 39.5 Å². The molecule has 3 heterocycles. The Hall–Kier alpha value is -0.910. The molecule has 2 fully saturated rings. The van der Waals surface area contributed by atoms with Gasteiger partial charge in [-0.3, -0.25) is 9.58 Å². The number of rotatable bonds is 5. The Kier molecular flexibility index (Phi) is 5.09. The molecule has 2 aliphatic heterocycles. The zero-order valence-corrected chi connectivity index (χ0v) is 15.1. The highest BCUT2D eigenvalue weighted by Crippen LogP contribution is 2.32. The largest absolute Gasteiger partial charge is 0.378 e. The molecule has 0 aliphatic carbocycles. The van der Waals surface area contributed by atoms with Crippen molar-refractivity contribution in [1.82, 2.24) is 14.7 Å². The number of aryl methyl sites for hydroxylation is 2. The van der Waals surface area contributed by atoms with Crippen LogP contribution in [0.2, 0.25) is 0 Å². The van der Waals surface area contributed by atoms with E-state index in [2.05, 4.69) is 37.4 Å². The van der Waals surface area contributed by atoms with E-state index in [9.17, 15) is 0 Å². The predicted molar refractivity (Wildman–Crippen MR) is 90.6 cm³/mol. The SMILES string of the molecule is CCc1nn(C)c(CC)c1CN1C[C@@H](CC)O[C@@]2(CCOC2)C1. The van der Waals surface area contributed by atoms with Gasteiger partial charge in [0.05, 0.1) is 18.4 Å². The smallest absolute Gasteiger partial charge is 0.107 e. The summed E-state index contributed by atoms with van der Waals surface area (Å²) in [5, 5.41) is 4.73. The van der Waals surface area contributed by atoms with Crippen molar-refractivity contribution in [3.63, 3.8) is 0 Å². The average Bonchev–Trinajstić information content (AvgIpc) is 3.11. The van der Waals surface area contributed by atoms with Gasteiger partial charge in [0.25, 0.3) is 0 Å². The first kappa shape index (κ1) is 16.9. The zero-order valence-electron chi connectivity index (χ0n) is 15.1. The number of ether oxygens (including phenoxy) is 2. The van der Waals surface area contributed by atoms with Gasteiger partial charge in [-0.1, -0.05) is 20.8 Å². The van der Waals surface area contributed by atoms with E-state index in [1.54, 1.807) is 0 Å². The summed E-state index contributed by atoms with van der Waals surface area (Å²) in [6.45, 7) is 11.2. The van der Waals surface area contributed by atoms with E-state index in [0.717, 1.165) is 58.5 Å². The monoisotopic (exact) mass is 321 g/mol. The van der Waals surface area contributed by atoms with Crippen molar-refractivity contribution in [3.8, 4) is 0 Å². The normalized spacial score (nSPS) is 28.8. The van der Waals surface area contributed by atoms with Crippen LogP contribution in [0, 0.1) is 0 Å². The number of morpholine rings is 1. The van der Waals surface area contributed by atoms with Gasteiger partial charge in [0.1, 0.15) is 5.60 Å². The third-order valence-corrected chi connectivity index (χ3v) is 5.32. The van der Waals surface area contributed by atoms with Crippen LogP contribution >= 0.6 is 0 Å². The van der Waals surface area contributed by atoms with Gasteiger partial charge in [-0.05, 0) is 19.3 Å². The van der Waals surface area contributed by atoms with Gasteiger partial charge in [0, 0.05) is 51.0 Å². The van der Waals surface area contributed by atoms with Crippen molar-refractivity contribution in [2.45, 2.75) is 64.7 Å². The molecule has 0 aromatic carbocycles. The maximum atomic E-state index is 6.38. The van der Waals surface area contributed by atoms with Crippen molar-refractivity contribution in [3.05, 3.63) is 17.0 Å². The van der Waals surface area contributed by atoms with E-state index >= 15 is 0 Å². The molecule has 0 amide bonds. The average molecular weight is 321 g/mol. The van der Waals surface area contributed by atoms with Gasteiger partial charge < -0.3 is 9.47 Å². The summed E-state index contributed by atoms with van der Waals surface area (Å²) in [6.07, 6.45) is 4.44. The van der Waals surface area contributed by atoms with Gasteiger partial charge >= 0.3 is 0 Å². The van der Waals surface area contributed by atoms with Crippen LogP contribution in [0.3, 0.4) is 0 Å². The van der Waals surface area contributed by atoms with E-state index in [1.807, 2.05) is 0 Å². The molecule has 5 nitrogen and oxygen atoms in total. The van der Waals surface area contributed by atoms with Crippen molar-refractivity contribution in [2.75, 3.05) is 26.3 Å². The fourth-order valence-corrected chi connectivity index (χ4v) is 4.12. The molecule has 2 aliphatic rings. The highest BCUT2D eigenvalue weighted by molar-refractivity contribution is 5.27. The van der Waals surface area contributed by atoms with E-state index in [4.69, 9.17) is 14.6 Å². The lowest BCUT2D eigenvalue weighted by molar-refractivity contribution is -0.156. The Balaban J connectivity index is 1.81. The second-order valence-electron chi connectivity index (χ2n) is 7.01. The lowest BCUT2D eigenvalue weighted by atomic mass is 9.97. The molecule has 23 heavy (non-hydrogen) atoms. The number of hydrogen-bond donors (Lipinski definition) is 0. The number of aromatic nitrogens is 2. The van der Waals surface area contributed by atoms with E-state index in [-0.39, 0.29) is 5.60 Å². The lowest BCUT2D eigenvalue weighted by Gasteiger charge is -2.43. The minimum Gasteiger partial charge on any atom is -0.378 e. The van der Waals surface area contributed by atoms with Crippen molar-refractivity contribution in [2.24, 2.45) is 7.05 Å².